The summed E-state index contributed by atoms with van der Waals surface area (Å²) in [5.74, 6) is -0.228. The van der Waals surface area contributed by atoms with E-state index < -0.39 is 0 Å². The molecule has 0 atom stereocenters. The maximum atomic E-state index is 12.5. The normalized spacial score (nSPS) is 10.8. The molecule has 0 aliphatic heterocycles. The van der Waals surface area contributed by atoms with Gasteiger partial charge in [0.1, 0.15) is 6.54 Å². The molecule has 0 saturated carbocycles. The number of benzene rings is 2. The zero-order valence-corrected chi connectivity index (χ0v) is 14.7. The minimum atomic E-state index is -0.230. The molecule has 24 heavy (non-hydrogen) atoms. The van der Waals surface area contributed by atoms with Crippen molar-refractivity contribution in [3.63, 3.8) is 0 Å². The zero-order chi connectivity index (χ0) is 17.1. The molecule has 122 valence electrons. The molecule has 3 rings (SSSR count). The van der Waals surface area contributed by atoms with Crippen LogP contribution in [0.1, 0.15) is 11.1 Å². The molecule has 1 amide bonds. The molecule has 0 saturated heterocycles. The van der Waals surface area contributed by atoms with Gasteiger partial charge in [0, 0.05) is 11.0 Å². The van der Waals surface area contributed by atoms with E-state index >= 15 is 0 Å². The van der Waals surface area contributed by atoms with Crippen LogP contribution in [0, 0.1) is 6.92 Å². The number of amides is 1. The van der Waals surface area contributed by atoms with Crippen LogP contribution in [0.3, 0.4) is 0 Å². The van der Waals surface area contributed by atoms with Crippen LogP contribution in [0.15, 0.2) is 58.1 Å². The standard InChI is InChI=1S/C18H16BrN3O2/c1-12-2-4-13(5-3-12)9-20-17(23)10-22-11-21-16-7-6-14(19)8-15(16)18(22)24/h2-8,11H,9-10H2,1H3,(H,20,23). The van der Waals surface area contributed by atoms with Crippen molar-refractivity contribution in [1.82, 2.24) is 14.9 Å². The SMILES string of the molecule is Cc1ccc(CNC(=O)Cn2cnc3ccc(Br)cc3c2=O)cc1. The molecule has 5 nitrogen and oxygen atoms in total. The van der Waals surface area contributed by atoms with Gasteiger partial charge in [-0.05, 0) is 30.7 Å². The topological polar surface area (TPSA) is 64.0 Å². The molecular weight excluding hydrogens is 370 g/mol. The van der Waals surface area contributed by atoms with Gasteiger partial charge >= 0.3 is 0 Å². The Morgan fingerprint density at radius 2 is 1.96 bits per heavy atom. The lowest BCUT2D eigenvalue weighted by Gasteiger charge is -2.08. The largest absolute Gasteiger partial charge is 0.350 e. The van der Waals surface area contributed by atoms with E-state index in [1.165, 1.54) is 16.5 Å². The molecule has 0 fully saturated rings. The number of fused-ring (bicyclic) bond motifs is 1. The zero-order valence-electron chi connectivity index (χ0n) is 13.1. The smallest absolute Gasteiger partial charge is 0.261 e. The Balaban J connectivity index is 1.72. The van der Waals surface area contributed by atoms with Crippen molar-refractivity contribution >= 4 is 32.7 Å². The van der Waals surface area contributed by atoms with Crippen LogP contribution >= 0.6 is 15.9 Å². The quantitative estimate of drug-likeness (QED) is 0.750. The fourth-order valence-corrected chi connectivity index (χ4v) is 2.72. The number of hydrogen-bond acceptors (Lipinski definition) is 3. The Hall–Kier alpha value is -2.47. The molecule has 2 aromatic carbocycles. The van der Waals surface area contributed by atoms with Gasteiger partial charge in [-0.3, -0.25) is 14.2 Å². The Kier molecular flexibility index (Phi) is 4.76. The fraction of sp³-hybridized carbons (Fsp3) is 0.167. The average Bonchev–Trinajstić information content (AvgIpc) is 2.57. The van der Waals surface area contributed by atoms with Crippen molar-refractivity contribution in [2.24, 2.45) is 0 Å². The van der Waals surface area contributed by atoms with Crippen molar-refractivity contribution < 1.29 is 4.79 Å². The van der Waals surface area contributed by atoms with Crippen LogP contribution in [0.25, 0.3) is 10.9 Å². The van der Waals surface area contributed by atoms with Crippen LogP contribution in [0.4, 0.5) is 0 Å². The maximum Gasteiger partial charge on any atom is 0.261 e. The molecule has 6 heteroatoms. The molecule has 0 spiro atoms. The van der Waals surface area contributed by atoms with Gasteiger partial charge < -0.3 is 5.32 Å². The number of hydrogen-bond donors (Lipinski definition) is 1. The second kappa shape index (κ2) is 6.97. The first-order valence-electron chi connectivity index (χ1n) is 7.50. The summed E-state index contributed by atoms with van der Waals surface area (Å²) in [6.45, 7) is 2.39. The van der Waals surface area contributed by atoms with Gasteiger partial charge in [0.05, 0.1) is 17.2 Å². The van der Waals surface area contributed by atoms with E-state index in [0.29, 0.717) is 17.4 Å². The Morgan fingerprint density at radius 1 is 1.21 bits per heavy atom. The van der Waals surface area contributed by atoms with Gasteiger partial charge in [-0.2, -0.15) is 0 Å². The fourth-order valence-electron chi connectivity index (χ4n) is 2.36. The van der Waals surface area contributed by atoms with Crippen molar-refractivity contribution in [2.75, 3.05) is 0 Å². The number of rotatable bonds is 4. The third-order valence-corrected chi connectivity index (χ3v) is 4.20. The third-order valence-electron chi connectivity index (χ3n) is 3.71. The highest BCUT2D eigenvalue weighted by Crippen LogP contribution is 2.14. The molecule has 3 aromatic rings. The van der Waals surface area contributed by atoms with Gasteiger partial charge in [-0.1, -0.05) is 45.8 Å². The first-order valence-corrected chi connectivity index (χ1v) is 8.29. The second-order valence-corrected chi connectivity index (χ2v) is 6.52. The van der Waals surface area contributed by atoms with Gasteiger partial charge in [0.15, 0.2) is 0 Å². The Bertz CT molecular complexity index is 949. The number of aryl methyl sites for hydroxylation is 1. The number of halogens is 1. The predicted molar refractivity (Wildman–Crippen MR) is 96.7 cm³/mol. The Labute approximate surface area is 147 Å². The summed E-state index contributed by atoms with van der Waals surface area (Å²) in [6, 6.07) is 13.2. The van der Waals surface area contributed by atoms with Crippen molar-refractivity contribution in [2.45, 2.75) is 20.0 Å². The summed E-state index contributed by atoms with van der Waals surface area (Å²) in [5.41, 5.74) is 2.57. The molecule has 0 aliphatic carbocycles. The molecule has 1 heterocycles. The molecule has 0 unspecified atom stereocenters. The van der Waals surface area contributed by atoms with E-state index in [4.69, 9.17) is 0 Å². The van der Waals surface area contributed by atoms with E-state index in [1.807, 2.05) is 37.3 Å². The van der Waals surface area contributed by atoms with E-state index in [0.717, 1.165) is 10.0 Å². The van der Waals surface area contributed by atoms with E-state index in [1.54, 1.807) is 12.1 Å². The monoisotopic (exact) mass is 385 g/mol. The highest BCUT2D eigenvalue weighted by molar-refractivity contribution is 9.10. The summed E-state index contributed by atoms with van der Waals surface area (Å²) in [5, 5.41) is 3.30. The summed E-state index contributed by atoms with van der Waals surface area (Å²) in [6.07, 6.45) is 1.41. The predicted octanol–water partition coefficient (Wildman–Crippen LogP) is 2.78. The highest BCUT2D eigenvalue weighted by atomic mass is 79.9. The van der Waals surface area contributed by atoms with E-state index in [2.05, 4.69) is 26.2 Å². The molecule has 0 aliphatic rings. The summed E-state index contributed by atoms with van der Waals surface area (Å²) in [4.78, 5) is 28.8. The number of carbonyl (C=O) groups is 1. The number of nitrogens with one attached hydrogen (secondary N) is 1. The van der Waals surface area contributed by atoms with Crippen LogP contribution < -0.4 is 10.9 Å². The molecule has 0 radical (unpaired) electrons. The third kappa shape index (κ3) is 3.71. The summed E-state index contributed by atoms with van der Waals surface area (Å²) >= 11 is 3.34. The van der Waals surface area contributed by atoms with Crippen LogP contribution in [-0.4, -0.2) is 15.5 Å². The van der Waals surface area contributed by atoms with Crippen LogP contribution in [-0.2, 0) is 17.9 Å². The lowest BCUT2D eigenvalue weighted by atomic mass is 10.1. The average molecular weight is 386 g/mol. The highest BCUT2D eigenvalue weighted by Gasteiger charge is 2.08. The van der Waals surface area contributed by atoms with Gasteiger partial charge in [0.2, 0.25) is 5.91 Å². The van der Waals surface area contributed by atoms with Crippen molar-refractivity contribution in [3.05, 3.63) is 74.7 Å². The van der Waals surface area contributed by atoms with Gasteiger partial charge in [-0.25, -0.2) is 4.98 Å². The first kappa shape index (κ1) is 16.4. The first-order chi connectivity index (χ1) is 11.5. The van der Waals surface area contributed by atoms with Crippen molar-refractivity contribution in [3.8, 4) is 0 Å². The summed E-state index contributed by atoms with van der Waals surface area (Å²) in [7, 11) is 0. The number of carbonyl (C=O) groups excluding carboxylic acids is 1. The lowest BCUT2D eigenvalue weighted by Crippen LogP contribution is -2.32. The van der Waals surface area contributed by atoms with E-state index in [9.17, 15) is 9.59 Å². The number of aromatic nitrogens is 2. The second-order valence-electron chi connectivity index (χ2n) is 5.60. The molecular formula is C18H16BrN3O2. The molecule has 1 N–H and O–H groups in total. The van der Waals surface area contributed by atoms with Gasteiger partial charge in [0.25, 0.3) is 5.56 Å². The van der Waals surface area contributed by atoms with E-state index in [-0.39, 0.29) is 18.0 Å². The Morgan fingerprint density at radius 3 is 2.71 bits per heavy atom. The molecule has 1 aromatic heterocycles. The maximum absolute atomic E-state index is 12.5. The van der Waals surface area contributed by atoms with Crippen LogP contribution in [0.2, 0.25) is 0 Å². The number of nitrogens with zero attached hydrogens (tertiary/aromatic N) is 2. The van der Waals surface area contributed by atoms with Crippen LogP contribution in [0.5, 0.6) is 0 Å². The van der Waals surface area contributed by atoms with Crippen molar-refractivity contribution in [1.29, 1.82) is 0 Å². The minimum absolute atomic E-state index is 0.0554. The van der Waals surface area contributed by atoms with Gasteiger partial charge in [-0.15, -0.1) is 0 Å². The minimum Gasteiger partial charge on any atom is -0.350 e. The molecule has 0 bridgehead atoms. The summed E-state index contributed by atoms with van der Waals surface area (Å²) < 4.78 is 2.12. The lowest BCUT2D eigenvalue weighted by molar-refractivity contribution is -0.121.